The molecule has 2 aliphatic rings. The van der Waals surface area contributed by atoms with E-state index in [2.05, 4.69) is 35.1 Å². The molecule has 206 valence electrons. The Morgan fingerprint density at radius 3 is 2.46 bits per heavy atom. The zero-order chi connectivity index (χ0) is 27.8. The van der Waals surface area contributed by atoms with Gasteiger partial charge in [0.2, 0.25) is 11.9 Å². The molecule has 2 saturated heterocycles. The number of amides is 1. The molecule has 2 aliphatic heterocycles. The van der Waals surface area contributed by atoms with Crippen molar-refractivity contribution in [1.82, 2.24) is 24.3 Å². The predicted molar refractivity (Wildman–Crippen MR) is 152 cm³/mol. The second kappa shape index (κ2) is 10.6. The van der Waals surface area contributed by atoms with Crippen molar-refractivity contribution < 1.29 is 9.18 Å². The van der Waals surface area contributed by atoms with Crippen LogP contribution in [0.3, 0.4) is 0 Å². The molecule has 0 atom stereocenters. The monoisotopic (exact) mass is 534 g/mol. The number of benzene rings is 1. The maximum absolute atomic E-state index is 14.9. The van der Waals surface area contributed by atoms with E-state index in [0.29, 0.717) is 55.1 Å². The first kappa shape index (κ1) is 26.6. The minimum absolute atomic E-state index is 0.0192. The summed E-state index contributed by atoms with van der Waals surface area (Å²) in [6, 6.07) is 6.58. The van der Waals surface area contributed by atoms with Crippen LogP contribution in [0.1, 0.15) is 19.5 Å². The van der Waals surface area contributed by atoms with E-state index in [0.717, 1.165) is 26.2 Å². The van der Waals surface area contributed by atoms with E-state index in [-0.39, 0.29) is 22.8 Å². The number of aromatic nitrogens is 3. The van der Waals surface area contributed by atoms with Crippen molar-refractivity contribution in [3.05, 3.63) is 58.8 Å². The Labute approximate surface area is 227 Å². The van der Waals surface area contributed by atoms with Gasteiger partial charge in [0.05, 0.1) is 11.1 Å². The van der Waals surface area contributed by atoms with Gasteiger partial charge in [0.25, 0.3) is 5.56 Å². The Balaban J connectivity index is 1.62. The number of aryl methyl sites for hydroxylation is 1. The zero-order valence-corrected chi connectivity index (χ0v) is 22.7. The summed E-state index contributed by atoms with van der Waals surface area (Å²) in [4.78, 5) is 44.1. The highest BCUT2D eigenvalue weighted by Crippen LogP contribution is 2.31. The van der Waals surface area contributed by atoms with Crippen molar-refractivity contribution in [2.24, 2.45) is 0 Å². The smallest absolute Gasteiger partial charge is 0.282 e. The average molecular weight is 535 g/mol. The number of halogens is 1. The third-order valence-corrected chi connectivity index (χ3v) is 7.81. The van der Waals surface area contributed by atoms with Gasteiger partial charge in [0, 0.05) is 51.0 Å². The average Bonchev–Trinajstić information content (AvgIpc) is 2.91. The number of nitrogens with two attached hydrogens (primary N) is 1. The van der Waals surface area contributed by atoms with Gasteiger partial charge >= 0.3 is 0 Å². The first-order valence-corrected chi connectivity index (χ1v) is 13.4. The van der Waals surface area contributed by atoms with Crippen LogP contribution in [0.4, 0.5) is 21.8 Å². The Morgan fingerprint density at radius 1 is 1.15 bits per heavy atom. The number of anilines is 3. The number of carbonyl (C=O) groups is 1. The lowest BCUT2D eigenvalue weighted by atomic mass is 10.1. The number of fused-ring (bicyclic) bond motifs is 1. The standard InChI is InChI=1S/C28H35FN8O2/c1-5-23(38)34-11-13-35(14-12-34)26-20-15-18(4)37(25-21(29)9-8-10-22(25)30)27(39)24(20)31-28(32-26)36-16-19(17-36)33(6-2)7-3/h5,8-10,15,19H,1,6-7,11-14,16-17,30H2,2-4H3. The zero-order valence-electron chi connectivity index (χ0n) is 22.7. The van der Waals surface area contributed by atoms with E-state index < -0.39 is 11.4 Å². The Bertz CT molecular complexity index is 1450. The minimum atomic E-state index is -0.582. The van der Waals surface area contributed by atoms with Crippen molar-refractivity contribution in [3.8, 4) is 5.69 Å². The topological polar surface area (TPSA) is 104 Å². The van der Waals surface area contributed by atoms with Crippen LogP contribution in [0.2, 0.25) is 0 Å². The second-order valence-electron chi connectivity index (χ2n) is 10.0. The Kier molecular flexibility index (Phi) is 7.26. The molecule has 0 radical (unpaired) electrons. The number of likely N-dealkylation sites (N-methyl/N-ethyl adjacent to an activating group) is 1. The summed E-state index contributed by atoms with van der Waals surface area (Å²) in [6.07, 6.45) is 1.32. The van der Waals surface area contributed by atoms with E-state index in [1.807, 2.05) is 6.07 Å². The van der Waals surface area contributed by atoms with Crippen LogP contribution in [0.25, 0.3) is 16.6 Å². The van der Waals surface area contributed by atoms with Gasteiger partial charge in [-0.2, -0.15) is 4.98 Å². The summed E-state index contributed by atoms with van der Waals surface area (Å²) in [7, 11) is 0. The molecule has 3 aromatic rings. The van der Waals surface area contributed by atoms with Gasteiger partial charge in [0.15, 0.2) is 0 Å². The van der Waals surface area contributed by atoms with E-state index in [4.69, 9.17) is 15.7 Å². The van der Waals surface area contributed by atoms with Crippen molar-refractivity contribution in [1.29, 1.82) is 0 Å². The lowest BCUT2D eigenvalue weighted by molar-refractivity contribution is -0.126. The number of pyridine rings is 1. The highest BCUT2D eigenvalue weighted by Gasteiger charge is 2.34. The molecule has 1 amide bonds. The third-order valence-electron chi connectivity index (χ3n) is 7.81. The van der Waals surface area contributed by atoms with E-state index in [1.54, 1.807) is 17.9 Å². The summed E-state index contributed by atoms with van der Waals surface area (Å²) in [5.74, 6) is 0.425. The fourth-order valence-electron chi connectivity index (χ4n) is 5.57. The second-order valence-corrected chi connectivity index (χ2v) is 10.0. The minimum Gasteiger partial charge on any atom is -0.397 e. The normalized spacial score (nSPS) is 16.2. The maximum atomic E-state index is 14.9. The van der Waals surface area contributed by atoms with Crippen LogP contribution in [-0.2, 0) is 4.79 Å². The lowest BCUT2D eigenvalue weighted by Gasteiger charge is -2.45. The summed E-state index contributed by atoms with van der Waals surface area (Å²) in [5.41, 5.74) is 6.58. The predicted octanol–water partition coefficient (Wildman–Crippen LogP) is 2.18. The van der Waals surface area contributed by atoms with Gasteiger partial charge < -0.3 is 20.4 Å². The molecule has 0 spiro atoms. The molecule has 2 N–H and O–H groups in total. The molecule has 2 fully saturated rings. The Morgan fingerprint density at radius 2 is 1.85 bits per heavy atom. The van der Waals surface area contributed by atoms with E-state index in [9.17, 15) is 14.0 Å². The molecule has 11 heteroatoms. The van der Waals surface area contributed by atoms with E-state index >= 15 is 0 Å². The SMILES string of the molecule is C=CC(=O)N1CCN(c2nc(N3CC(N(CC)CC)C3)nc3c(=O)n(-c4c(N)cccc4F)c(C)cc23)CC1. The van der Waals surface area contributed by atoms with Crippen molar-refractivity contribution >= 4 is 34.3 Å². The van der Waals surface area contributed by atoms with Crippen LogP contribution in [0.15, 0.2) is 41.7 Å². The Hall–Kier alpha value is -3.99. The number of rotatable bonds is 7. The van der Waals surface area contributed by atoms with Crippen LogP contribution >= 0.6 is 0 Å². The molecule has 2 aromatic heterocycles. The molecule has 0 bridgehead atoms. The summed E-state index contributed by atoms with van der Waals surface area (Å²) < 4.78 is 16.2. The third kappa shape index (κ3) is 4.71. The molecule has 5 rings (SSSR count). The first-order valence-electron chi connectivity index (χ1n) is 13.4. The van der Waals surface area contributed by atoms with E-state index in [1.165, 1.54) is 22.8 Å². The molecule has 39 heavy (non-hydrogen) atoms. The van der Waals surface area contributed by atoms with Crippen LogP contribution in [0.5, 0.6) is 0 Å². The molecule has 10 nitrogen and oxygen atoms in total. The number of nitrogen functional groups attached to an aromatic ring is 1. The molecule has 1 aromatic carbocycles. The summed E-state index contributed by atoms with van der Waals surface area (Å²) in [5, 5.41) is 0.594. The van der Waals surface area contributed by atoms with Gasteiger partial charge in [-0.15, -0.1) is 0 Å². The number of hydrogen-bond donors (Lipinski definition) is 1. The number of hydrogen-bond acceptors (Lipinski definition) is 8. The molecule has 0 aliphatic carbocycles. The van der Waals surface area contributed by atoms with Gasteiger partial charge in [-0.3, -0.25) is 19.1 Å². The lowest BCUT2D eigenvalue weighted by Crippen LogP contribution is -2.60. The van der Waals surface area contributed by atoms with Gasteiger partial charge in [-0.25, -0.2) is 9.37 Å². The van der Waals surface area contributed by atoms with Crippen LogP contribution in [-0.4, -0.2) is 88.6 Å². The largest absolute Gasteiger partial charge is 0.397 e. The number of para-hydroxylation sites is 1. The quantitative estimate of drug-likeness (QED) is 0.364. The summed E-state index contributed by atoms with van der Waals surface area (Å²) >= 11 is 0. The summed E-state index contributed by atoms with van der Waals surface area (Å²) in [6.45, 7) is 15.2. The number of piperazine rings is 1. The van der Waals surface area contributed by atoms with Crippen LogP contribution in [0, 0.1) is 12.7 Å². The molecule has 0 saturated carbocycles. The molecule has 4 heterocycles. The molecule has 0 unspecified atom stereocenters. The highest BCUT2D eigenvalue weighted by molar-refractivity contribution is 5.91. The number of carbonyl (C=O) groups excluding carboxylic acids is 1. The first-order chi connectivity index (χ1) is 18.8. The van der Waals surface area contributed by atoms with Crippen molar-refractivity contribution in [2.45, 2.75) is 26.8 Å². The molecular formula is C28H35FN8O2. The van der Waals surface area contributed by atoms with Gasteiger partial charge in [-0.1, -0.05) is 26.5 Å². The maximum Gasteiger partial charge on any atom is 0.282 e. The van der Waals surface area contributed by atoms with Crippen LogP contribution < -0.4 is 21.1 Å². The highest BCUT2D eigenvalue weighted by atomic mass is 19.1. The fraction of sp³-hybridized carbons (Fsp3) is 0.429. The van der Waals surface area contributed by atoms with Crippen molar-refractivity contribution in [3.63, 3.8) is 0 Å². The van der Waals surface area contributed by atoms with Gasteiger partial charge in [-0.05, 0) is 44.3 Å². The molecular weight excluding hydrogens is 499 g/mol. The fourth-order valence-corrected chi connectivity index (χ4v) is 5.57. The number of nitrogens with zero attached hydrogens (tertiary/aromatic N) is 7. The van der Waals surface area contributed by atoms with Crippen molar-refractivity contribution in [2.75, 3.05) is 67.9 Å². The van der Waals surface area contributed by atoms with Gasteiger partial charge in [0.1, 0.15) is 22.8 Å².